The van der Waals surface area contributed by atoms with Gasteiger partial charge in [-0.1, -0.05) is 11.6 Å². The van der Waals surface area contributed by atoms with E-state index >= 15 is 0 Å². The average molecular weight is 556 g/mol. The summed E-state index contributed by atoms with van der Waals surface area (Å²) in [5.74, 6) is -0.468. The predicted octanol–water partition coefficient (Wildman–Crippen LogP) is 3.60. The number of carbonyl (C=O) groups excluding carboxylic acids is 2. The van der Waals surface area contributed by atoms with Crippen molar-refractivity contribution < 1.29 is 23.8 Å². The first-order chi connectivity index (χ1) is 18.7. The Morgan fingerprint density at radius 3 is 2.64 bits per heavy atom. The molecule has 2 N–H and O–H groups in total. The van der Waals surface area contributed by atoms with Crippen molar-refractivity contribution in [2.75, 3.05) is 32.8 Å². The van der Waals surface area contributed by atoms with Crippen LogP contribution in [-0.2, 0) is 16.2 Å². The summed E-state index contributed by atoms with van der Waals surface area (Å²) < 4.78 is 18.8. The fourth-order valence-corrected chi connectivity index (χ4v) is 4.20. The van der Waals surface area contributed by atoms with Crippen LogP contribution in [0.5, 0.6) is 5.88 Å². The van der Waals surface area contributed by atoms with Crippen molar-refractivity contribution in [1.29, 1.82) is 0 Å². The highest BCUT2D eigenvalue weighted by molar-refractivity contribution is 6.32. The molecule has 39 heavy (non-hydrogen) atoms. The lowest BCUT2D eigenvalue weighted by atomic mass is 10.0. The summed E-state index contributed by atoms with van der Waals surface area (Å²) >= 11 is 6.34. The molecule has 4 rings (SSSR count). The fourth-order valence-electron chi connectivity index (χ4n) is 4.00. The molecule has 0 spiro atoms. The SMILES string of the molecule is COCCOCn1ncc2cc(C)c(NC(=O)c3cc(OC)nn3-c3ncccc3Cl)c(C(=O)NC(C)C)c21. The second-order valence-corrected chi connectivity index (χ2v) is 9.34. The molecule has 0 radical (unpaired) electrons. The number of aromatic nitrogens is 5. The molecule has 0 fully saturated rings. The number of methoxy groups -OCH3 is 2. The van der Waals surface area contributed by atoms with Gasteiger partial charge in [0.2, 0.25) is 5.88 Å². The van der Waals surface area contributed by atoms with Crippen LogP contribution < -0.4 is 15.4 Å². The molecule has 0 unspecified atom stereocenters. The molecule has 12 nitrogen and oxygen atoms in total. The molecule has 206 valence electrons. The number of carbonyl (C=O) groups is 2. The number of ether oxygens (including phenoxy) is 3. The highest BCUT2D eigenvalue weighted by Crippen LogP contribution is 2.31. The van der Waals surface area contributed by atoms with Crippen LogP contribution >= 0.6 is 11.6 Å². The zero-order valence-electron chi connectivity index (χ0n) is 22.3. The summed E-state index contributed by atoms with van der Waals surface area (Å²) in [4.78, 5) is 31.5. The second kappa shape index (κ2) is 12.2. The Hall–Kier alpha value is -4.00. The van der Waals surface area contributed by atoms with E-state index in [-0.39, 0.29) is 41.6 Å². The molecule has 2 amide bonds. The van der Waals surface area contributed by atoms with Gasteiger partial charge in [-0.15, -0.1) is 5.10 Å². The van der Waals surface area contributed by atoms with Crippen LogP contribution in [0.3, 0.4) is 0 Å². The van der Waals surface area contributed by atoms with Crippen molar-refractivity contribution >= 4 is 40.0 Å². The van der Waals surface area contributed by atoms with Crippen molar-refractivity contribution in [1.82, 2.24) is 29.9 Å². The van der Waals surface area contributed by atoms with Crippen LogP contribution in [0.25, 0.3) is 16.7 Å². The number of benzene rings is 1. The van der Waals surface area contributed by atoms with Gasteiger partial charge >= 0.3 is 0 Å². The van der Waals surface area contributed by atoms with Crippen LogP contribution in [0.1, 0.15) is 40.3 Å². The number of amides is 2. The molecule has 0 atom stereocenters. The molecule has 0 aliphatic carbocycles. The lowest BCUT2D eigenvalue weighted by Gasteiger charge is -2.18. The molecule has 13 heteroatoms. The van der Waals surface area contributed by atoms with Gasteiger partial charge < -0.3 is 24.8 Å². The standard InChI is InChI=1S/C26H30ClN7O5/c1-15(2)30-26(36)21-22(16(3)11-17-13-29-33(23(17)21)14-39-10-9-37-4)31-25(35)19-12-20(38-5)32-34(19)24-18(27)7-6-8-28-24/h6-8,11-13,15H,9-10,14H2,1-5H3,(H,30,36)(H,31,35). The minimum absolute atomic E-state index is 0.0907. The maximum Gasteiger partial charge on any atom is 0.274 e. The third kappa shape index (κ3) is 6.03. The summed E-state index contributed by atoms with van der Waals surface area (Å²) in [5.41, 5.74) is 1.87. The smallest absolute Gasteiger partial charge is 0.274 e. The van der Waals surface area contributed by atoms with Gasteiger partial charge in [0.1, 0.15) is 12.4 Å². The molecular weight excluding hydrogens is 526 g/mol. The molecule has 0 saturated carbocycles. The molecule has 0 saturated heterocycles. The molecule has 0 aliphatic heterocycles. The maximum absolute atomic E-state index is 13.7. The van der Waals surface area contributed by atoms with Gasteiger partial charge in [0.15, 0.2) is 5.82 Å². The quantitative estimate of drug-likeness (QED) is 0.268. The molecule has 1 aromatic carbocycles. The highest BCUT2D eigenvalue weighted by atomic mass is 35.5. The van der Waals surface area contributed by atoms with E-state index in [2.05, 4.69) is 25.8 Å². The third-order valence-corrected chi connectivity index (χ3v) is 6.02. The third-order valence-electron chi connectivity index (χ3n) is 5.72. The predicted molar refractivity (Wildman–Crippen MR) is 146 cm³/mol. The average Bonchev–Trinajstić information content (AvgIpc) is 3.51. The molecule has 4 aromatic rings. The van der Waals surface area contributed by atoms with Crippen LogP contribution in [0.4, 0.5) is 5.69 Å². The van der Waals surface area contributed by atoms with Gasteiger partial charge in [-0.2, -0.15) is 5.10 Å². The molecular formula is C26H30ClN7O5. The monoisotopic (exact) mass is 555 g/mol. The van der Waals surface area contributed by atoms with Gasteiger partial charge in [-0.3, -0.25) is 9.59 Å². The molecule has 3 heterocycles. The zero-order valence-corrected chi connectivity index (χ0v) is 23.1. The normalized spacial score (nSPS) is 11.3. The van der Waals surface area contributed by atoms with Gasteiger partial charge in [-0.25, -0.2) is 14.3 Å². The molecule has 3 aromatic heterocycles. The number of rotatable bonds is 11. The summed E-state index contributed by atoms with van der Waals surface area (Å²) in [6, 6.07) is 6.48. The lowest BCUT2D eigenvalue weighted by Crippen LogP contribution is -2.32. The van der Waals surface area contributed by atoms with E-state index in [0.29, 0.717) is 35.0 Å². The number of nitrogens with one attached hydrogen (secondary N) is 2. The maximum atomic E-state index is 13.7. The van der Waals surface area contributed by atoms with Crippen LogP contribution in [0, 0.1) is 6.92 Å². The summed E-state index contributed by atoms with van der Waals surface area (Å²) in [5, 5.41) is 15.6. The number of anilines is 1. The fraction of sp³-hybridized carbons (Fsp3) is 0.346. The Morgan fingerprint density at radius 1 is 1.15 bits per heavy atom. The van der Waals surface area contributed by atoms with E-state index in [0.717, 1.165) is 5.39 Å². The number of halogens is 1. The summed E-state index contributed by atoms with van der Waals surface area (Å²) in [6.45, 7) is 6.38. The number of pyridine rings is 1. The first-order valence-electron chi connectivity index (χ1n) is 12.2. The minimum atomic E-state index is -0.545. The van der Waals surface area contributed by atoms with E-state index in [1.165, 1.54) is 17.9 Å². The van der Waals surface area contributed by atoms with Crippen molar-refractivity contribution in [3.63, 3.8) is 0 Å². The first-order valence-corrected chi connectivity index (χ1v) is 12.6. The van der Waals surface area contributed by atoms with Crippen LogP contribution in [-0.4, -0.2) is 69.8 Å². The van der Waals surface area contributed by atoms with Gasteiger partial charge in [0.05, 0.1) is 48.3 Å². The Labute approximate surface area is 230 Å². The first kappa shape index (κ1) is 28.0. The Bertz CT molecular complexity index is 1500. The van der Waals surface area contributed by atoms with Crippen LogP contribution in [0.2, 0.25) is 5.02 Å². The number of hydrogen-bond donors (Lipinski definition) is 2. The number of hydrogen-bond acceptors (Lipinski definition) is 8. The Balaban J connectivity index is 1.81. The van der Waals surface area contributed by atoms with E-state index in [1.54, 1.807) is 43.2 Å². The number of aryl methyl sites for hydroxylation is 1. The van der Waals surface area contributed by atoms with Gasteiger partial charge in [0, 0.05) is 30.8 Å². The van der Waals surface area contributed by atoms with Crippen LogP contribution in [0.15, 0.2) is 36.7 Å². The Kier molecular flexibility index (Phi) is 8.79. The second-order valence-electron chi connectivity index (χ2n) is 8.93. The van der Waals surface area contributed by atoms with Crippen molar-refractivity contribution in [2.45, 2.75) is 33.5 Å². The van der Waals surface area contributed by atoms with Gasteiger partial charge in [0.25, 0.3) is 11.8 Å². The van der Waals surface area contributed by atoms with Crippen molar-refractivity contribution in [3.05, 3.63) is 58.5 Å². The highest BCUT2D eigenvalue weighted by Gasteiger charge is 2.26. The number of fused-ring (bicyclic) bond motifs is 1. The topological polar surface area (TPSA) is 134 Å². The Morgan fingerprint density at radius 2 is 1.95 bits per heavy atom. The number of nitrogens with zero attached hydrogens (tertiary/aromatic N) is 5. The molecule has 0 bridgehead atoms. The lowest BCUT2D eigenvalue weighted by molar-refractivity contribution is 0.0308. The minimum Gasteiger partial charge on any atom is -0.480 e. The van der Waals surface area contributed by atoms with E-state index in [9.17, 15) is 9.59 Å². The molecule has 0 aliphatic rings. The van der Waals surface area contributed by atoms with Gasteiger partial charge in [-0.05, 0) is 44.5 Å². The van der Waals surface area contributed by atoms with Crippen molar-refractivity contribution in [2.24, 2.45) is 0 Å². The summed E-state index contributed by atoms with van der Waals surface area (Å²) in [6.07, 6.45) is 3.20. The van der Waals surface area contributed by atoms with E-state index in [1.807, 2.05) is 19.9 Å². The van der Waals surface area contributed by atoms with E-state index < -0.39 is 5.91 Å². The largest absolute Gasteiger partial charge is 0.480 e. The van der Waals surface area contributed by atoms with Crippen molar-refractivity contribution in [3.8, 4) is 11.7 Å². The zero-order chi connectivity index (χ0) is 28.1. The van der Waals surface area contributed by atoms with E-state index in [4.69, 9.17) is 25.8 Å². The summed E-state index contributed by atoms with van der Waals surface area (Å²) in [7, 11) is 3.03.